The molecule has 0 aromatic heterocycles. The number of carbonyl (C=O) groups excluding carboxylic acids is 2. The molecule has 0 saturated heterocycles. The van der Waals surface area contributed by atoms with Crippen molar-refractivity contribution in [3.8, 4) is 5.75 Å². The average Bonchev–Trinajstić information content (AvgIpc) is 2.87. The van der Waals surface area contributed by atoms with Crippen molar-refractivity contribution in [2.75, 3.05) is 17.2 Å². The van der Waals surface area contributed by atoms with Crippen LogP contribution in [-0.4, -0.2) is 45.4 Å². The number of hydrazone groups is 1. The van der Waals surface area contributed by atoms with Gasteiger partial charge in [-0.05, 0) is 79.6 Å². The summed E-state index contributed by atoms with van der Waals surface area (Å²) in [6.45, 7) is 3.72. The van der Waals surface area contributed by atoms with Crippen molar-refractivity contribution in [1.82, 2.24) is 10.7 Å². The first kappa shape index (κ1) is 28.7. The minimum Gasteiger partial charge on any atom is -0.484 e. The number of hydrogen-bond acceptors (Lipinski definition) is 6. The monoisotopic (exact) mass is 556 g/mol. The lowest BCUT2D eigenvalue weighted by molar-refractivity contribution is -0.123. The van der Waals surface area contributed by atoms with Crippen molar-refractivity contribution in [3.63, 3.8) is 0 Å². The number of benzene rings is 3. The molecule has 3 rings (SSSR count). The van der Waals surface area contributed by atoms with Gasteiger partial charge >= 0.3 is 0 Å². The summed E-state index contributed by atoms with van der Waals surface area (Å²) in [5.41, 5.74) is 4.52. The van der Waals surface area contributed by atoms with Crippen LogP contribution in [0.5, 0.6) is 5.75 Å². The summed E-state index contributed by atoms with van der Waals surface area (Å²) >= 11 is 6.20. The van der Waals surface area contributed by atoms with Gasteiger partial charge in [0.2, 0.25) is 10.0 Å². The fraction of sp³-hybridized carbons (Fsp3) is 0.222. The van der Waals surface area contributed by atoms with E-state index in [2.05, 4.69) is 15.8 Å². The van der Waals surface area contributed by atoms with Crippen LogP contribution in [0.2, 0.25) is 5.02 Å². The number of amides is 2. The molecular weight excluding hydrogens is 528 g/mol. The molecule has 0 saturated carbocycles. The number of nitrogens with one attached hydrogen (secondary N) is 2. The quantitative estimate of drug-likeness (QED) is 0.274. The maximum absolute atomic E-state index is 12.5. The Bertz CT molecular complexity index is 1390. The molecule has 0 aliphatic carbocycles. The second kappa shape index (κ2) is 13.1. The largest absolute Gasteiger partial charge is 0.484 e. The van der Waals surface area contributed by atoms with Crippen LogP contribution < -0.4 is 19.8 Å². The minimum atomic E-state index is -3.61. The first-order chi connectivity index (χ1) is 18.0. The number of anilines is 1. The van der Waals surface area contributed by atoms with Crippen LogP contribution in [0.25, 0.3) is 0 Å². The summed E-state index contributed by atoms with van der Waals surface area (Å²) in [7, 11) is -3.61. The van der Waals surface area contributed by atoms with Crippen LogP contribution in [-0.2, 0) is 21.4 Å². The highest BCUT2D eigenvalue weighted by atomic mass is 35.5. The highest BCUT2D eigenvalue weighted by Gasteiger charge is 2.19. The van der Waals surface area contributed by atoms with Crippen molar-refractivity contribution in [1.29, 1.82) is 0 Å². The smallest absolute Gasteiger partial charge is 0.271 e. The summed E-state index contributed by atoms with van der Waals surface area (Å²) in [4.78, 5) is 24.2. The molecular formula is C27H29ClN4O5S. The standard InChI is InChI=1S/C27H29ClN4O5S/c1-19(2)30-26(33)18-37-24-14-8-20(9-15-24)16-29-31-27(34)21-10-12-23(13-11-21)32(38(3,35)36)17-22-6-4-5-7-25(22)28/h4-16,19H,17-18H2,1-3H3,(H,30,33)(H,31,34)/b29-16-. The molecule has 0 bridgehead atoms. The Morgan fingerprint density at radius 2 is 1.68 bits per heavy atom. The zero-order valence-corrected chi connectivity index (χ0v) is 22.8. The number of hydrogen-bond donors (Lipinski definition) is 2. The van der Waals surface area contributed by atoms with Crippen molar-refractivity contribution in [2.24, 2.45) is 5.10 Å². The molecule has 9 nitrogen and oxygen atoms in total. The Morgan fingerprint density at radius 1 is 1.03 bits per heavy atom. The van der Waals surface area contributed by atoms with E-state index in [1.54, 1.807) is 60.7 Å². The molecule has 2 N–H and O–H groups in total. The zero-order valence-electron chi connectivity index (χ0n) is 21.2. The predicted octanol–water partition coefficient (Wildman–Crippen LogP) is 3.97. The molecule has 11 heteroatoms. The van der Waals surface area contributed by atoms with E-state index in [-0.39, 0.29) is 25.1 Å². The zero-order chi connectivity index (χ0) is 27.7. The third kappa shape index (κ3) is 8.60. The van der Waals surface area contributed by atoms with Gasteiger partial charge in [0.25, 0.3) is 11.8 Å². The predicted molar refractivity (Wildman–Crippen MR) is 149 cm³/mol. The van der Waals surface area contributed by atoms with Gasteiger partial charge < -0.3 is 10.1 Å². The van der Waals surface area contributed by atoms with Gasteiger partial charge in [-0.15, -0.1) is 0 Å². The third-order valence-corrected chi connectivity index (χ3v) is 6.68. The summed E-state index contributed by atoms with van der Waals surface area (Å²) in [5, 5.41) is 7.17. The number of sulfonamides is 1. The molecule has 2 amide bonds. The van der Waals surface area contributed by atoms with Crippen molar-refractivity contribution >= 4 is 45.3 Å². The van der Waals surface area contributed by atoms with Crippen molar-refractivity contribution < 1.29 is 22.7 Å². The van der Waals surface area contributed by atoms with Crippen LogP contribution in [0.1, 0.15) is 35.3 Å². The Kier molecular flexibility index (Phi) is 9.86. The SMILES string of the molecule is CC(C)NC(=O)COc1ccc(/C=N\NC(=O)c2ccc(N(Cc3ccccc3Cl)S(C)(=O)=O)cc2)cc1. The van der Waals surface area contributed by atoms with Gasteiger partial charge in [-0.25, -0.2) is 13.8 Å². The Morgan fingerprint density at radius 3 is 2.29 bits per heavy atom. The van der Waals surface area contributed by atoms with Crippen LogP contribution in [0, 0.1) is 0 Å². The maximum atomic E-state index is 12.5. The molecule has 0 radical (unpaired) electrons. The number of carbonyl (C=O) groups is 2. The molecule has 200 valence electrons. The topological polar surface area (TPSA) is 117 Å². The molecule has 0 atom stereocenters. The van der Waals surface area contributed by atoms with E-state index in [1.807, 2.05) is 13.8 Å². The fourth-order valence-corrected chi connectivity index (χ4v) is 4.43. The summed E-state index contributed by atoms with van der Waals surface area (Å²) in [5.74, 6) is -0.130. The van der Waals surface area contributed by atoms with E-state index in [0.29, 0.717) is 33.1 Å². The molecule has 0 spiro atoms. The molecule has 3 aromatic carbocycles. The molecule has 0 heterocycles. The number of ether oxygens (including phenoxy) is 1. The second-order valence-electron chi connectivity index (χ2n) is 8.69. The molecule has 0 unspecified atom stereocenters. The Balaban J connectivity index is 1.58. The minimum absolute atomic E-state index is 0.0410. The van der Waals surface area contributed by atoms with Crippen LogP contribution in [0.3, 0.4) is 0 Å². The van der Waals surface area contributed by atoms with Gasteiger partial charge in [0.1, 0.15) is 5.75 Å². The van der Waals surface area contributed by atoms with Gasteiger partial charge in [0, 0.05) is 16.6 Å². The first-order valence-corrected chi connectivity index (χ1v) is 13.9. The van der Waals surface area contributed by atoms with Gasteiger partial charge in [-0.1, -0.05) is 29.8 Å². The number of nitrogens with zero attached hydrogens (tertiary/aromatic N) is 2. The normalized spacial score (nSPS) is 11.4. The lowest BCUT2D eigenvalue weighted by Crippen LogP contribution is -2.34. The lowest BCUT2D eigenvalue weighted by atomic mass is 10.2. The van der Waals surface area contributed by atoms with Gasteiger partial charge in [-0.2, -0.15) is 5.10 Å². The average molecular weight is 557 g/mol. The van der Waals surface area contributed by atoms with Crippen molar-refractivity contribution in [3.05, 3.63) is 94.5 Å². The highest BCUT2D eigenvalue weighted by molar-refractivity contribution is 7.92. The molecule has 0 aliphatic rings. The third-order valence-electron chi connectivity index (χ3n) is 5.17. The highest BCUT2D eigenvalue weighted by Crippen LogP contribution is 2.24. The van der Waals surface area contributed by atoms with E-state index in [1.165, 1.54) is 22.7 Å². The van der Waals surface area contributed by atoms with E-state index in [9.17, 15) is 18.0 Å². The Labute approximate surface area is 227 Å². The molecule has 3 aromatic rings. The van der Waals surface area contributed by atoms with E-state index >= 15 is 0 Å². The van der Waals surface area contributed by atoms with Gasteiger partial charge in [0.15, 0.2) is 6.61 Å². The van der Waals surface area contributed by atoms with E-state index in [4.69, 9.17) is 16.3 Å². The summed E-state index contributed by atoms with van der Waals surface area (Å²) in [6.07, 6.45) is 2.58. The van der Waals surface area contributed by atoms with Crippen LogP contribution in [0.4, 0.5) is 5.69 Å². The second-order valence-corrected chi connectivity index (χ2v) is 11.0. The van der Waals surface area contributed by atoms with E-state index in [0.717, 1.165) is 6.26 Å². The van der Waals surface area contributed by atoms with E-state index < -0.39 is 15.9 Å². The first-order valence-electron chi connectivity index (χ1n) is 11.7. The summed E-state index contributed by atoms with van der Waals surface area (Å²) < 4.78 is 31.5. The number of halogens is 1. The van der Waals surface area contributed by atoms with Crippen LogP contribution in [0.15, 0.2) is 77.9 Å². The fourth-order valence-electron chi connectivity index (χ4n) is 3.35. The number of rotatable bonds is 11. The van der Waals surface area contributed by atoms with Crippen LogP contribution >= 0.6 is 11.6 Å². The maximum Gasteiger partial charge on any atom is 0.271 e. The molecule has 0 aliphatic heterocycles. The van der Waals surface area contributed by atoms with Crippen molar-refractivity contribution in [2.45, 2.75) is 26.4 Å². The molecule has 0 fully saturated rings. The molecule has 38 heavy (non-hydrogen) atoms. The van der Waals surface area contributed by atoms with Gasteiger partial charge in [0.05, 0.1) is 24.7 Å². The Hall–Kier alpha value is -3.89. The summed E-state index contributed by atoms with van der Waals surface area (Å²) in [6, 6.07) is 20.1. The lowest BCUT2D eigenvalue weighted by Gasteiger charge is -2.23. The van der Waals surface area contributed by atoms with Gasteiger partial charge in [-0.3, -0.25) is 13.9 Å².